The lowest BCUT2D eigenvalue weighted by molar-refractivity contribution is 0.116. The fraction of sp³-hybridized carbons (Fsp3) is 0.625. The Bertz CT molecular complexity index is 400. The van der Waals surface area contributed by atoms with Crippen molar-refractivity contribution in [2.45, 2.75) is 39.2 Å². The van der Waals surface area contributed by atoms with Gasteiger partial charge in [-0.05, 0) is 44.0 Å². The molecule has 0 amide bonds. The van der Waals surface area contributed by atoms with E-state index in [1.54, 1.807) is 7.11 Å². The number of para-hydroxylation sites is 1. The third-order valence-corrected chi connectivity index (χ3v) is 3.69. The lowest BCUT2D eigenvalue weighted by atomic mass is 10.0. The topological polar surface area (TPSA) is 21.7 Å². The number of nitrogens with zero attached hydrogens (tertiary/aromatic N) is 1. The van der Waals surface area contributed by atoms with Crippen LogP contribution in [0, 0.1) is 0 Å². The van der Waals surface area contributed by atoms with Crippen LogP contribution in [-0.2, 0) is 6.42 Å². The van der Waals surface area contributed by atoms with Crippen LogP contribution in [0.25, 0.3) is 0 Å². The molecule has 1 aliphatic heterocycles. The van der Waals surface area contributed by atoms with E-state index in [1.165, 1.54) is 18.4 Å². The van der Waals surface area contributed by atoms with Crippen molar-refractivity contribution in [1.82, 2.24) is 4.90 Å². The summed E-state index contributed by atoms with van der Waals surface area (Å²) in [7, 11) is 1.70. The number of methoxy groups -OCH3 is 1. The summed E-state index contributed by atoms with van der Waals surface area (Å²) in [5, 5.41) is 0. The highest BCUT2D eigenvalue weighted by atomic mass is 16.5. The van der Waals surface area contributed by atoms with Crippen LogP contribution in [0.4, 0.5) is 0 Å². The molecule has 0 aliphatic carbocycles. The lowest BCUT2D eigenvalue weighted by Crippen LogP contribution is -2.44. The minimum absolute atomic E-state index is 0.500. The second-order valence-corrected chi connectivity index (χ2v) is 5.15. The number of ether oxygens (including phenoxy) is 2. The van der Waals surface area contributed by atoms with Crippen molar-refractivity contribution in [1.29, 1.82) is 0 Å². The molecule has 1 atom stereocenters. The van der Waals surface area contributed by atoms with Gasteiger partial charge in [-0.1, -0.05) is 26.0 Å². The van der Waals surface area contributed by atoms with Gasteiger partial charge in [-0.3, -0.25) is 4.90 Å². The largest absolute Gasteiger partial charge is 0.493 e. The van der Waals surface area contributed by atoms with Crippen molar-refractivity contribution in [3.63, 3.8) is 0 Å². The van der Waals surface area contributed by atoms with E-state index >= 15 is 0 Å². The first-order chi connectivity index (χ1) is 9.30. The quantitative estimate of drug-likeness (QED) is 0.787. The van der Waals surface area contributed by atoms with Gasteiger partial charge in [-0.2, -0.15) is 0 Å². The molecule has 3 heteroatoms. The van der Waals surface area contributed by atoms with E-state index in [1.807, 2.05) is 12.1 Å². The molecule has 3 nitrogen and oxygen atoms in total. The second-order valence-electron chi connectivity index (χ2n) is 5.15. The van der Waals surface area contributed by atoms with Crippen molar-refractivity contribution in [2.24, 2.45) is 0 Å². The molecule has 0 bridgehead atoms. The van der Waals surface area contributed by atoms with Gasteiger partial charge in [0.25, 0.3) is 0 Å². The number of hydrogen-bond acceptors (Lipinski definition) is 3. The summed E-state index contributed by atoms with van der Waals surface area (Å²) >= 11 is 0. The van der Waals surface area contributed by atoms with E-state index in [0.29, 0.717) is 6.04 Å². The molecule has 1 unspecified atom stereocenters. The molecule has 0 radical (unpaired) electrons. The predicted molar refractivity (Wildman–Crippen MR) is 78.1 cm³/mol. The molecule has 0 fully saturated rings. The maximum atomic E-state index is 5.97. The summed E-state index contributed by atoms with van der Waals surface area (Å²) < 4.78 is 11.3. The minimum Gasteiger partial charge on any atom is -0.493 e. The van der Waals surface area contributed by atoms with Crippen molar-refractivity contribution < 1.29 is 9.47 Å². The number of fused-ring (bicyclic) bond motifs is 1. The van der Waals surface area contributed by atoms with Gasteiger partial charge in [0.2, 0.25) is 0 Å². The number of rotatable bonds is 6. The standard InChI is InChI=1S/C16H25NO2/c1-4-9-17(10-5-2)14-11-13-7-6-8-15(18-3)16(13)19-12-14/h6-8,14H,4-5,9-12H2,1-3H3. The van der Waals surface area contributed by atoms with E-state index in [-0.39, 0.29) is 0 Å². The predicted octanol–water partition coefficient (Wildman–Crippen LogP) is 3.12. The molecule has 0 spiro atoms. The Morgan fingerprint density at radius 3 is 2.63 bits per heavy atom. The summed E-state index contributed by atoms with van der Waals surface area (Å²) in [6.07, 6.45) is 3.45. The van der Waals surface area contributed by atoms with Crippen LogP contribution in [0.5, 0.6) is 11.5 Å². The van der Waals surface area contributed by atoms with Crippen LogP contribution in [0.2, 0.25) is 0 Å². The zero-order valence-electron chi connectivity index (χ0n) is 12.3. The Kier molecular flexibility index (Phi) is 5.08. The van der Waals surface area contributed by atoms with Crippen molar-refractivity contribution in [3.05, 3.63) is 23.8 Å². The number of benzene rings is 1. The van der Waals surface area contributed by atoms with Gasteiger partial charge in [0.05, 0.1) is 7.11 Å². The van der Waals surface area contributed by atoms with Crippen LogP contribution in [0.3, 0.4) is 0 Å². The maximum Gasteiger partial charge on any atom is 0.164 e. The third kappa shape index (κ3) is 3.21. The Labute approximate surface area is 116 Å². The first kappa shape index (κ1) is 14.2. The maximum absolute atomic E-state index is 5.97. The Balaban J connectivity index is 2.12. The molecule has 2 rings (SSSR count). The van der Waals surface area contributed by atoms with E-state index < -0.39 is 0 Å². The van der Waals surface area contributed by atoms with Crippen LogP contribution >= 0.6 is 0 Å². The highest BCUT2D eigenvalue weighted by molar-refractivity contribution is 5.48. The van der Waals surface area contributed by atoms with Crippen LogP contribution in [0.15, 0.2) is 18.2 Å². The Morgan fingerprint density at radius 2 is 2.00 bits per heavy atom. The Hall–Kier alpha value is -1.22. The summed E-state index contributed by atoms with van der Waals surface area (Å²) in [4.78, 5) is 2.56. The molecule has 0 saturated carbocycles. The monoisotopic (exact) mass is 263 g/mol. The average molecular weight is 263 g/mol. The fourth-order valence-corrected chi connectivity index (χ4v) is 2.82. The molecule has 0 aromatic heterocycles. The highest BCUT2D eigenvalue weighted by Gasteiger charge is 2.26. The first-order valence-corrected chi connectivity index (χ1v) is 7.32. The second kappa shape index (κ2) is 6.80. The average Bonchev–Trinajstić information content (AvgIpc) is 2.45. The van der Waals surface area contributed by atoms with Gasteiger partial charge < -0.3 is 9.47 Å². The molecule has 1 aromatic carbocycles. The van der Waals surface area contributed by atoms with Crippen molar-refractivity contribution >= 4 is 0 Å². The van der Waals surface area contributed by atoms with E-state index in [0.717, 1.165) is 37.6 Å². The van der Waals surface area contributed by atoms with E-state index in [2.05, 4.69) is 24.8 Å². The van der Waals surface area contributed by atoms with Gasteiger partial charge >= 0.3 is 0 Å². The van der Waals surface area contributed by atoms with Crippen LogP contribution < -0.4 is 9.47 Å². The highest BCUT2D eigenvalue weighted by Crippen LogP contribution is 2.35. The molecule has 106 valence electrons. The van der Waals surface area contributed by atoms with Crippen LogP contribution in [0.1, 0.15) is 32.3 Å². The minimum atomic E-state index is 0.500. The van der Waals surface area contributed by atoms with Gasteiger partial charge in [-0.25, -0.2) is 0 Å². The van der Waals surface area contributed by atoms with Gasteiger partial charge in [0, 0.05) is 6.04 Å². The molecular formula is C16H25NO2. The molecule has 0 N–H and O–H groups in total. The van der Waals surface area contributed by atoms with Gasteiger partial charge in [0.15, 0.2) is 11.5 Å². The Morgan fingerprint density at radius 1 is 1.26 bits per heavy atom. The lowest BCUT2D eigenvalue weighted by Gasteiger charge is -2.35. The van der Waals surface area contributed by atoms with Gasteiger partial charge in [0.1, 0.15) is 6.61 Å². The smallest absolute Gasteiger partial charge is 0.164 e. The number of hydrogen-bond donors (Lipinski definition) is 0. The zero-order chi connectivity index (χ0) is 13.7. The normalized spacial score (nSPS) is 18.0. The molecule has 0 saturated heterocycles. The van der Waals surface area contributed by atoms with Crippen LogP contribution in [-0.4, -0.2) is 37.7 Å². The summed E-state index contributed by atoms with van der Waals surface area (Å²) in [6, 6.07) is 6.67. The van der Waals surface area contributed by atoms with Crippen molar-refractivity contribution in [3.8, 4) is 11.5 Å². The fourth-order valence-electron chi connectivity index (χ4n) is 2.82. The molecule has 19 heavy (non-hydrogen) atoms. The molecular weight excluding hydrogens is 238 g/mol. The summed E-state index contributed by atoms with van der Waals surface area (Å²) in [5.41, 5.74) is 1.27. The van der Waals surface area contributed by atoms with E-state index in [4.69, 9.17) is 9.47 Å². The first-order valence-electron chi connectivity index (χ1n) is 7.32. The summed E-state index contributed by atoms with van der Waals surface area (Å²) in [5.74, 6) is 1.79. The third-order valence-electron chi connectivity index (χ3n) is 3.69. The molecule has 1 heterocycles. The summed E-state index contributed by atoms with van der Waals surface area (Å²) in [6.45, 7) is 7.56. The van der Waals surface area contributed by atoms with Gasteiger partial charge in [-0.15, -0.1) is 0 Å². The van der Waals surface area contributed by atoms with Crippen molar-refractivity contribution in [2.75, 3.05) is 26.8 Å². The SMILES string of the molecule is CCCN(CCC)C1COc2c(cccc2OC)C1. The van der Waals surface area contributed by atoms with E-state index in [9.17, 15) is 0 Å². The molecule has 1 aromatic rings. The molecule has 1 aliphatic rings. The zero-order valence-corrected chi connectivity index (χ0v) is 12.3.